The molecule has 1 aromatic rings. The number of rotatable bonds is 17. The zero-order valence-corrected chi connectivity index (χ0v) is 44.7. The number of hydrogen-bond acceptors (Lipinski definition) is 7. The van der Waals surface area contributed by atoms with Crippen molar-refractivity contribution in [3.63, 3.8) is 0 Å². The van der Waals surface area contributed by atoms with Crippen LogP contribution in [0.3, 0.4) is 0 Å². The van der Waals surface area contributed by atoms with E-state index in [9.17, 15) is 13.5 Å². The number of fused-ring (bicyclic) bond motifs is 1. The molecule has 6 rings (SSSR count). The Bertz CT molecular complexity index is 1910. The first kappa shape index (κ1) is 51.0. The predicted octanol–water partition coefficient (Wildman–Crippen LogP) is 13.5. The maximum absolute atomic E-state index is 14.7. The lowest BCUT2D eigenvalue weighted by molar-refractivity contribution is -0.214. The molecule has 5 aliphatic rings. The summed E-state index contributed by atoms with van der Waals surface area (Å²) in [5, 5.41) is 11.9. The van der Waals surface area contributed by atoms with E-state index in [-0.39, 0.29) is 45.0 Å². The average molecular weight is 926 g/mol. The first-order valence-corrected chi connectivity index (χ1v) is 32.3. The van der Waals surface area contributed by atoms with Gasteiger partial charge in [-0.3, -0.25) is 0 Å². The summed E-state index contributed by atoms with van der Waals surface area (Å²) in [6.45, 7) is 35.9. The lowest BCUT2D eigenvalue weighted by Crippen LogP contribution is -2.49. The van der Waals surface area contributed by atoms with E-state index in [4.69, 9.17) is 24.9 Å². The number of sulfone groups is 1. The second-order valence-corrected chi connectivity index (χ2v) is 35.7. The van der Waals surface area contributed by atoms with E-state index in [0.717, 1.165) is 82.6 Å². The highest BCUT2D eigenvalue weighted by Crippen LogP contribution is 2.63. The van der Waals surface area contributed by atoms with Crippen LogP contribution in [-0.4, -0.2) is 72.7 Å². The van der Waals surface area contributed by atoms with Crippen LogP contribution in [0, 0.1) is 28.6 Å². The van der Waals surface area contributed by atoms with E-state index in [1.165, 1.54) is 11.1 Å². The molecule has 4 saturated carbocycles. The number of hydrogen-bond donors (Lipinski definition) is 1. The largest absolute Gasteiger partial charge is 0.413 e. The van der Waals surface area contributed by atoms with Gasteiger partial charge in [0.15, 0.2) is 32.3 Å². The Hall–Kier alpha value is -1.38. The second-order valence-electron chi connectivity index (χ2n) is 24.0. The smallest absolute Gasteiger partial charge is 0.192 e. The van der Waals surface area contributed by atoms with Gasteiger partial charge in [-0.15, -0.1) is 0 Å². The number of aliphatic hydroxyl groups is 1. The van der Waals surface area contributed by atoms with Gasteiger partial charge in [0.2, 0.25) is 0 Å². The lowest BCUT2D eigenvalue weighted by atomic mass is 9.60. The van der Waals surface area contributed by atoms with Gasteiger partial charge >= 0.3 is 0 Å². The standard InChI is InChI=1S/C53H88O7SSi2/c1-15-16-30-53(57-34-35-58-53)52(32-33-52)31-28-47(61(55,56)43-22-18-17-19-23-43)48(54)39(3)44-26-27-45-40(21-20-29-51(44,45)10)24-25-41-36-42(59-62(11,12)49(4,5)6)37-46(38(41)2)60-63(13,14)50(7,8)9/h17-19,22-25,39,42,44-48,54H,2,15-16,20-21,26-37H2,1,3-14H3/b40-24+,41-25-/t39-,42+,44+,45-,46-,47?,48?,51+/m0/s1. The Morgan fingerprint density at radius 2 is 1.54 bits per heavy atom. The molecule has 7 nitrogen and oxygen atoms in total. The van der Waals surface area contributed by atoms with Gasteiger partial charge in [0, 0.05) is 18.3 Å². The Morgan fingerprint density at radius 3 is 2.13 bits per heavy atom. The molecule has 0 bridgehead atoms. The summed E-state index contributed by atoms with van der Waals surface area (Å²) in [6.07, 6.45) is 16.6. The van der Waals surface area contributed by atoms with Crippen LogP contribution in [0.1, 0.15) is 152 Å². The van der Waals surface area contributed by atoms with Crippen LogP contribution in [0.5, 0.6) is 0 Å². The van der Waals surface area contributed by atoms with Gasteiger partial charge in [0.05, 0.1) is 41.7 Å². The van der Waals surface area contributed by atoms with Gasteiger partial charge in [0.1, 0.15) is 0 Å². The van der Waals surface area contributed by atoms with Crippen molar-refractivity contribution in [3.8, 4) is 0 Å². The molecule has 1 saturated heterocycles. The van der Waals surface area contributed by atoms with Crippen LogP contribution >= 0.6 is 0 Å². The molecule has 2 unspecified atom stereocenters. The fourth-order valence-corrected chi connectivity index (χ4v) is 16.3. The highest BCUT2D eigenvalue weighted by atomic mass is 32.2. The van der Waals surface area contributed by atoms with Crippen molar-refractivity contribution in [2.75, 3.05) is 13.2 Å². The van der Waals surface area contributed by atoms with Crippen molar-refractivity contribution in [2.45, 2.75) is 223 Å². The van der Waals surface area contributed by atoms with Crippen LogP contribution < -0.4 is 0 Å². The zero-order chi connectivity index (χ0) is 46.4. The minimum absolute atomic E-state index is 0.0387. The van der Waals surface area contributed by atoms with Crippen molar-refractivity contribution in [3.05, 3.63) is 65.8 Å². The number of ether oxygens (including phenoxy) is 2. The normalized spacial score (nSPS) is 30.7. The molecular formula is C53H88O7SSi2. The average Bonchev–Trinajstić information content (AvgIpc) is 3.68. The summed E-state index contributed by atoms with van der Waals surface area (Å²) in [5.74, 6) is -0.256. The van der Waals surface area contributed by atoms with E-state index in [0.29, 0.717) is 36.9 Å². The summed E-state index contributed by atoms with van der Waals surface area (Å²) < 4.78 is 56.6. The van der Waals surface area contributed by atoms with E-state index in [2.05, 4.69) is 101 Å². The van der Waals surface area contributed by atoms with Gasteiger partial charge in [0.25, 0.3) is 0 Å². The molecule has 0 amide bonds. The molecule has 0 radical (unpaired) electrons. The monoisotopic (exact) mass is 925 g/mol. The van der Waals surface area contributed by atoms with Crippen molar-refractivity contribution in [2.24, 2.45) is 28.6 Å². The van der Waals surface area contributed by atoms with Gasteiger partial charge in [-0.25, -0.2) is 8.42 Å². The van der Waals surface area contributed by atoms with Gasteiger partial charge in [-0.1, -0.05) is 111 Å². The van der Waals surface area contributed by atoms with Gasteiger partial charge in [-0.05, 0) is 153 Å². The van der Waals surface area contributed by atoms with Crippen LogP contribution in [0.15, 0.2) is 70.7 Å². The summed E-state index contributed by atoms with van der Waals surface area (Å²) >= 11 is 0. The Kier molecular flexibility index (Phi) is 15.4. The maximum Gasteiger partial charge on any atom is 0.192 e. The van der Waals surface area contributed by atoms with Crippen LogP contribution in [0.25, 0.3) is 0 Å². The summed E-state index contributed by atoms with van der Waals surface area (Å²) in [4.78, 5) is 0.296. The van der Waals surface area contributed by atoms with E-state index in [1.54, 1.807) is 24.3 Å². The summed E-state index contributed by atoms with van der Waals surface area (Å²) in [5.41, 5.74) is 3.60. The van der Waals surface area contributed by atoms with Gasteiger partial charge < -0.3 is 23.4 Å². The minimum atomic E-state index is -3.84. The molecule has 63 heavy (non-hydrogen) atoms. The third kappa shape index (κ3) is 10.4. The van der Waals surface area contributed by atoms with E-state index >= 15 is 0 Å². The number of unbranched alkanes of at least 4 members (excludes halogenated alkanes) is 1. The minimum Gasteiger partial charge on any atom is -0.413 e. The molecule has 1 heterocycles. The molecule has 5 fully saturated rings. The Morgan fingerprint density at radius 1 is 0.921 bits per heavy atom. The molecular weight excluding hydrogens is 837 g/mol. The third-order valence-corrected chi connectivity index (χ3v) is 29.2. The predicted molar refractivity (Wildman–Crippen MR) is 264 cm³/mol. The van der Waals surface area contributed by atoms with Crippen LogP contribution in [-0.2, 0) is 28.2 Å². The summed E-state index contributed by atoms with van der Waals surface area (Å²) in [7, 11) is -7.95. The van der Waals surface area contributed by atoms with Gasteiger partial charge in [-0.2, -0.15) is 0 Å². The number of benzene rings is 1. The van der Waals surface area contributed by atoms with Crippen molar-refractivity contribution in [1.29, 1.82) is 0 Å². The highest BCUT2D eigenvalue weighted by molar-refractivity contribution is 7.92. The topological polar surface area (TPSA) is 91.3 Å². The molecule has 1 N–H and O–H groups in total. The molecule has 0 spiro atoms. The van der Waals surface area contributed by atoms with Crippen molar-refractivity contribution >= 4 is 26.5 Å². The molecule has 10 heteroatoms. The molecule has 0 aromatic heterocycles. The second kappa shape index (κ2) is 19.0. The quantitative estimate of drug-likeness (QED) is 0.156. The van der Waals surface area contributed by atoms with E-state index < -0.39 is 43.6 Å². The number of allylic oxidation sites excluding steroid dienone is 3. The fourth-order valence-electron chi connectivity index (χ4n) is 11.8. The SMILES string of the molecule is C=C1/C(=C\C=C2/CCC[C@]3(C)[C@@H]([C@H](C)C(O)C(CCC4(C5(CCCC)OCCO5)CC4)S(=O)(=O)c4ccccc4)CC[C@@H]23)C[C@@H](O[Si](C)(C)C(C)(C)C)C[C@@H]1O[Si](C)(C)C(C)(C)C. The molecule has 1 aliphatic heterocycles. The highest BCUT2D eigenvalue weighted by Gasteiger charge is 2.63. The molecule has 8 atom stereocenters. The lowest BCUT2D eigenvalue weighted by Gasteiger charge is -2.46. The number of aliphatic hydroxyl groups excluding tert-OH is 1. The third-order valence-electron chi connectivity index (χ3n) is 18.0. The zero-order valence-electron chi connectivity index (χ0n) is 41.9. The first-order chi connectivity index (χ1) is 29.2. The van der Waals surface area contributed by atoms with Crippen molar-refractivity contribution < 1.29 is 31.9 Å². The fraction of sp³-hybridized carbons (Fsp3) is 0.774. The maximum atomic E-state index is 14.7. The van der Waals surface area contributed by atoms with Crippen LogP contribution in [0.4, 0.5) is 0 Å². The van der Waals surface area contributed by atoms with Crippen molar-refractivity contribution in [1.82, 2.24) is 0 Å². The van der Waals surface area contributed by atoms with Crippen LogP contribution in [0.2, 0.25) is 36.3 Å². The Balaban J connectivity index is 1.26. The molecule has 1 aromatic carbocycles. The summed E-state index contributed by atoms with van der Waals surface area (Å²) in [6, 6.07) is 8.84. The first-order valence-electron chi connectivity index (χ1n) is 24.9. The van der Waals surface area contributed by atoms with E-state index in [1.807, 2.05) is 6.07 Å². The molecule has 356 valence electrons. The molecule has 4 aliphatic carbocycles. The Labute approximate surface area is 386 Å².